The molecule has 98 valence electrons. The molecule has 0 amide bonds. The molecule has 2 aromatic rings. The number of rotatable bonds is 1. The highest BCUT2D eigenvalue weighted by Gasteiger charge is 2.36. The molecule has 0 unspecified atom stereocenters. The SMILES string of the molecule is FC(F)C(F)(F)Br.Oc1cccc2ccccc12. The number of phenols is 1. The summed E-state index contributed by atoms with van der Waals surface area (Å²) in [5.74, 6) is 0.350. The summed E-state index contributed by atoms with van der Waals surface area (Å²) in [6.45, 7) is 0. The minimum absolute atomic E-state index is 0.350. The Labute approximate surface area is 109 Å². The zero-order valence-corrected chi connectivity index (χ0v) is 10.5. The number of hydrogen-bond donors (Lipinski definition) is 1. The summed E-state index contributed by atoms with van der Waals surface area (Å²) in [5.41, 5.74) is 0. The van der Waals surface area contributed by atoms with Gasteiger partial charge in [-0.3, -0.25) is 0 Å². The van der Waals surface area contributed by atoms with Crippen molar-refractivity contribution in [1.29, 1.82) is 0 Å². The molecule has 1 N–H and O–H groups in total. The Morgan fingerprint density at radius 2 is 1.50 bits per heavy atom. The summed E-state index contributed by atoms with van der Waals surface area (Å²) in [6, 6.07) is 13.3. The molecule has 0 saturated heterocycles. The molecular formula is C12H9BrF4O. The topological polar surface area (TPSA) is 20.2 Å². The van der Waals surface area contributed by atoms with E-state index in [2.05, 4.69) is 0 Å². The molecule has 0 aliphatic carbocycles. The number of benzene rings is 2. The average molecular weight is 325 g/mol. The molecule has 2 rings (SSSR count). The standard InChI is InChI=1S/C10H8O.C2HBrF4/c11-10-7-3-5-8-4-1-2-6-9(8)10;3-2(6,7)1(4)5/h1-7,11H;1H. The summed E-state index contributed by atoms with van der Waals surface area (Å²) < 4.78 is 43.5. The summed E-state index contributed by atoms with van der Waals surface area (Å²) in [7, 11) is 0. The number of hydrogen-bond acceptors (Lipinski definition) is 1. The molecule has 0 bridgehead atoms. The number of phenolic OH excluding ortho intramolecular Hbond substituents is 1. The summed E-state index contributed by atoms with van der Waals surface area (Å²) in [6.07, 6.45) is -3.62. The van der Waals surface area contributed by atoms with E-state index < -0.39 is 11.3 Å². The number of alkyl halides is 5. The monoisotopic (exact) mass is 324 g/mol. The van der Waals surface area contributed by atoms with Gasteiger partial charge in [0, 0.05) is 5.39 Å². The maximum atomic E-state index is 11.0. The van der Waals surface area contributed by atoms with Gasteiger partial charge in [-0.1, -0.05) is 36.4 Å². The first-order valence-electron chi connectivity index (χ1n) is 4.84. The Balaban J connectivity index is 0.000000203. The molecule has 0 atom stereocenters. The Hall–Kier alpha value is -1.30. The molecule has 6 heteroatoms. The average Bonchev–Trinajstić information content (AvgIpc) is 2.29. The lowest BCUT2D eigenvalue weighted by Crippen LogP contribution is -2.16. The van der Waals surface area contributed by atoms with Crippen molar-refractivity contribution in [1.82, 2.24) is 0 Å². The third-order valence-corrected chi connectivity index (χ3v) is 2.36. The molecule has 0 aliphatic rings. The fraction of sp³-hybridized carbons (Fsp3) is 0.167. The van der Waals surface area contributed by atoms with E-state index in [1.807, 2.05) is 36.4 Å². The van der Waals surface area contributed by atoms with Crippen LogP contribution in [0.5, 0.6) is 5.75 Å². The van der Waals surface area contributed by atoms with Crippen LogP contribution in [0, 0.1) is 0 Å². The Morgan fingerprint density at radius 1 is 1.00 bits per heavy atom. The molecule has 0 spiro atoms. The molecule has 18 heavy (non-hydrogen) atoms. The van der Waals surface area contributed by atoms with E-state index in [9.17, 15) is 22.7 Å². The second-order valence-electron chi connectivity index (χ2n) is 3.34. The minimum atomic E-state index is -4.02. The third kappa shape index (κ3) is 4.18. The Morgan fingerprint density at radius 3 is 2.00 bits per heavy atom. The molecule has 1 nitrogen and oxygen atoms in total. The van der Waals surface area contributed by atoms with Crippen molar-refractivity contribution in [3.05, 3.63) is 42.5 Å². The molecule has 0 heterocycles. The maximum absolute atomic E-state index is 11.0. The smallest absolute Gasteiger partial charge is 0.360 e. The highest BCUT2D eigenvalue weighted by molar-refractivity contribution is 9.10. The number of aromatic hydroxyl groups is 1. The lowest BCUT2D eigenvalue weighted by molar-refractivity contribution is -0.0505. The first-order chi connectivity index (χ1) is 8.32. The number of fused-ring (bicyclic) bond motifs is 1. The van der Waals surface area contributed by atoms with Crippen LogP contribution in [-0.4, -0.2) is 16.4 Å². The largest absolute Gasteiger partial charge is 0.507 e. The molecular weight excluding hydrogens is 316 g/mol. The summed E-state index contributed by atoms with van der Waals surface area (Å²) in [5, 5.41) is 11.4. The van der Waals surface area contributed by atoms with E-state index in [1.54, 1.807) is 6.07 Å². The second-order valence-corrected chi connectivity index (χ2v) is 4.40. The van der Waals surface area contributed by atoms with Crippen molar-refractivity contribution in [2.24, 2.45) is 0 Å². The van der Waals surface area contributed by atoms with Gasteiger partial charge >= 0.3 is 11.3 Å². The van der Waals surface area contributed by atoms with E-state index in [0.717, 1.165) is 10.8 Å². The fourth-order valence-corrected chi connectivity index (χ4v) is 1.21. The van der Waals surface area contributed by atoms with Crippen LogP contribution in [0.15, 0.2) is 42.5 Å². The lowest BCUT2D eigenvalue weighted by atomic mass is 10.1. The zero-order valence-electron chi connectivity index (χ0n) is 8.96. The normalized spacial score (nSPS) is 11.2. The summed E-state index contributed by atoms with van der Waals surface area (Å²) in [4.78, 5) is -4.02. The Bertz CT molecular complexity index is 505. The van der Waals surface area contributed by atoms with Gasteiger partial charge in [-0.25, -0.2) is 8.78 Å². The van der Waals surface area contributed by atoms with Crippen molar-refractivity contribution < 1.29 is 22.7 Å². The van der Waals surface area contributed by atoms with Gasteiger partial charge in [0.25, 0.3) is 0 Å². The highest BCUT2D eigenvalue weighted by Crippen LogP contribution is 2.28. The molecule has 0 radical (unpaired) electrons. The second kappa shape index (κ2) is 6.04. The lowest BCUT2D eigenvalue weighted by Gasteiger charge is -2.03. The van der Waals surface area contributed by atoms with Crippen LogP contribution in [-0.2, 0) is 0 Å². The van der Waals surface area contributed by atoms with Crippen molar-refractivity contribution in [2.45, 2.75) is 11.3 Å². The molecule has 2 aromatic carbocycles. The van der Waals surface area contributed by atoms with Gasteiger partial charge in [0.05, 0.1) is 0 Å². The van der Waals surface area contributed by atoms with Gasteiger partial charge in [0.2, 0.25) is 0 Å². The zero-order chi connectivity index (χ0) is 13.8. The first kappa shape index (κ1) is 14.8. The van der Waals surface area contributed by atoms with Gasteiger partial charge in [-0.2, -0.15) is 8.78 Å². The van der Waals surface area contributed by atoms with E-state index in [4.69, 9.17) is 0 Å². The molecule has 0 fully saturated rings. The fourth-order valence-electron chi connectivity index (χ4n) is 1.21. The van der Waals surface area contributed by atoms with Gasteiger partial charge in [0.1, 0.15) is 5.75 Å². The third-order valence-electron chi connectivity index (χ3n) is 2.01. The van der Waals surface area contributed by atoms with E-state index in [1.165, 1.54) is 15.9 Å². The van der Waals surface area contributed by atoms with Crippen LogP contribution >= 0.6 is 15.9 Å². The van der Waals surface area contributed by atoms with Crippen molar-refractivity contribution in [2.75, 3.05) is 0 Å². The predicted octanol–water partition coefficient (Wildman–Crippen LogP) is 4.78. The number of halogens is 5. The van der Waals surface area contributed by atoms with Crippen molar-refractivity contribution in [3.8, 4) is 5.75 Å². The van der Waals surface area contributed by atoms with Gasteiger partial charge < -0.3 is 5.11 Å². The van der Waals surface area contributed by atoms with Crippen LogP contribution in [0.1, 0.15) is 0 Å². The van der Waals surface area contributed by atoms with Crippen LogP contribution in [0.4, 0.5) is 17.6 Å². The minimum Gasteiger partial charge on any atom is -0.507 e. The predicted molar refractivity (Wildman–Crippen MR) is 65.5 cm³/mol. The van der Waals surface area contributed by atoms with E-state index in [0.29, 0.717) is 5.75 Å². The van der Waals surface area contributed by atoms with Crippen LogP contribution in [0.25, 0.3) is 10.8 Å². The van der Waals surface area contributed by atoms with E-state index in [-0.39, 0.29) is 0 Å². The van der Waals surface area contributed by atoms with Crippen LogP contribution < -0.4 is 0 Å². The van der Waals surface area contributed by atoms with Crippen LogP contribution in [0.3, 0.4) is 0 Å². The molecule has 0 saturated carbocycles. The maximum Gasteiger partial charge on any atom is 0.360 e. The summed E-state index contributed by atoms with van der Waals surface area (Å²) >= 11 is 1.46. The van der Waals surface area contributed by atoms with Gasteiger partial charge in [0.15, 0.2) is 0 Å². The molecule has 0 aliphatic heterocycles. The van der Waals surface area contributed by atoms with Crippen molar-refractivity contribution in [3.63, 3.8) is 0 Å². The van der Waals surface area contributed by atoms with Gasteiger partial charge in [-0.15, -0.1) is 0 Å². The van der Waals surface area contributed by atoms with Crippen molar-refractivity contribution >= 4 is 26.7 Å². The van der Waals surface area contributed by atoms with Crippen LogP contribution in [0.2, 0.25) is 0 Å². The quantitative estimate of drug-likeness (QED) is 0.591. The molecule has 0 aromatic heterocycles. The highest BCUT2D eigenvalue weighted by atomic mass is 79.9. The first-order valence-corrected chi connectivity index (χ1v) is 5.63. The van der Waals surface area contributed by atoms with E-state index >= 15 is 0 Å². The Kier molecular flexibility index (Phi) is 4.95. The van der Waals surface area contributed by atoms with Gasteiger partial charge in [-0.05, 0) is 27.4 Å².